The monoisotopic (exact) mass is 328 g/mol. The Bertz CT molecular complexity index is 729. The minimum Gasteiger partial charge on any atom is -0.317 e. The number of benzene rings is 2. The molecule has 3 rings (SSSR count). The standard InChI is InChI=1S/C19H21ClN2O/c1-13-9-10-15(12-14(13)2)21-19(23)22-11-5-8-18(22)16-6-3-4-7-17(16)20/h3-4,6-7,9-10,12,18H,5,8,11H2,1-2H3,(H,21,23)/t18-/m1/s1. The van der Waals surface area contributed by atoms with Gasteiger partial charge in [0.25, 0.3) is 0 Å². The maximum atomic E-state index is 12.7. The molecule has 0 unspecified atom stereocenters. The fraction of sp³-hybridized carbons (Fsp3) is 0.316. The normalized spacial score (nSPS) is 17.3. The topological polar surface area (TPSA) is 32.3 Å². The average molecular weight is 329 g/mol. The number of hydrogen-bond acceptors (Lipinski definition) is 1. The van der Waals surface area contributed by atoms with Crippen molar-refractivity contribution >= 4 is 23.3 Å². The first-order chi connectivity index (χ1) is 11.1. The van der Waals surface area contributed by atoms with E-state index in [4.69, 9.17) is 11.6 Å². The highest BCUT2D eigenvalue weighted by atomic mass is 35.5. The summed E-state index contributed by atoms with van der Waals surface area (Å²) < 4.78 is 0. The lowest BCUT2D eigenvalue weighted by Crippen LogP contribution is -2.34. The molecule has 23 heavy (non-hydrogen) atoms. The molecule has 1 saturated heterocycles. The van der Waals surface area contributed by atoms with Gasteiger partial charge in [0.1, 0.15) is 0 Å². The molecule has 0 aromatic heterocycles. The zero-order valence-electron chi connectivity index (χ0n) is 13.5. The van der Waals surface area contributed by atoms with Gasteiger partial charge in [-0.05, 0) is 61.6 Å². The first-order valence-corrected chi connectivity index (χ1v) is 8.33. The van der Waals surface area contributed by atoms with E-state index in [1.54, 1.807) is 0 Å². The summed E-state index contributed by atoms with van der Waals surface area (Å²) >= 11 is 6.31. The molecule has 3 nitrogen and oxygen atoms in total. The van der Waals surface area contributed by atoms with E-state index >= 15 is 0 Å². The van der Waals surface area contributed by atoms with Gasteiger partial charge in [0.15, 0.2) is 0 Å². The summed E-state index contributed by atoms with van der Waals surface area (Å²) in [5.74, 6) is 0. The van der Waals surface area contributed by atoms with Crippen molar-refractivity contribution in [1.29, 1.82) is 0 Å². The van der Waals surface area contributed by atoms with Crippen LogP contribution < -0.4 is 5.32 Å². The number of likely N-dealkylation sites (tertiary alicyclic amines) is 1. The zero-order valence-corrected chi connectivity index (χ0v) is 14.2. The maximum Gasteiger partial charge on any atom is 0.322 e. The van der Waals surface area contributed by atoms with Gasteiger partial charge in [-0.2, -0.15) is 0 Å². The second-order valence-electron chi connectivity index (χ2n) is 6.10. The van der Waals surface area contributed by atoms with Crippen molar-refractivity contribution in [1.82, 2.24) is 4.90 Å². The van der Waals surface area contributed by atoms with Crippen LogP contribution in [0.4, 0.5) is 10.5 Å². The van der Waals surface area contributed by atoms with E-state index in [2.05, 4.69) is 12.2 Å². The van der Waals surface area contributed by atoms with Gasteiger partial charge in [-0.3, -0.25) is 0 Å². The van der Waals surface area contributed by atoms with Crippen LogP contribution in [0, 0.1) is 13.8 Å². The molecule has 2 aromatic rings. The third-order valence-electron chi connectivity index (χ3n) is 4.54. The number of halogens is 1. The summed E-state index contributed by atoms with van der Waals surface area (Å²) in [4.78, 5) is 14.6. The zero-order chi connectivity index (χ0) is 16.4. The van der Waals surface area contributed by atoms with E-state index < -0.39 is 0 Å². The van der Waals surface area contributed by atoms with Crippen LogP contribution in [0.3, 0.4) is 0 Å². The second-order valence-corrected chi connectivity index (χ2v) is 6.51. The van der Waals surface area contributed by atoms with Gasteiger partial charge < -0.3 is 10.2 Å². The Kier molecular flexibility index (Phi) is 4.58. The van der Waals surface area contributed by atoms with Crippen molar-refractivity contribution in [2.24, 2.45) is 0 Å². The van der Waals surface area contributed by atoms with Crippen molar-refractivity contribution in [3.05, 3.63) is 64.2 Å². The van der Waals surface area contributed by atoms with E-state index in [1.807, 2.05) is 54.3 Å². The molecule has 2 aromatic carbocycles. The Morgan fingerprint density at radius 3 is 2.70 bits per heavy atom. The molecule has 1 aliphatic rings. The van der Waals surface area contributed by atoms with Crippen LogP contribution in [-0.4, -0.2) is 17.5 Å². The second kappa shape index (κ2) is 6.63. The number of amides is 2. The molecule has 1 heterocycles. The van der Waals surface area contributed by atoms with Crippen molar-refractivity contribution in [2.45, 2.75) is 32.7 Å². The third-order valence-corrected chi connectivity index (χ3v) is 4.88. The number of rotatable bonds is 2. The predicted molar refractivity (Wildman–Crippen MR) is 95.1 cm³/mol. The number of carbonyl (C=O) groups is 1. The Labute approximate surface area is 142 Å². The average Bonchev–Trinajstić information content (AvgIpc) is 3.01. The largest absolute Gasteiger partial charge is 0.322 e. The molecule has 1 aliphatic heterocycles. The summed E-state index contributed by atoms with van der Waals surface area (Å²) in [7, 11) is 0. The van der Waals surface area contributed by atoms with Crippen LogP contribution in [-0.2, 0) is 0 Å². The quantitative estimate of drug-likeness (QED) is 0.794. The first-order valence-electron chi connectivity index (χ1n) is 7.95. The minimum absolute atomic E-state index is 0.0512. The van der Waals surface area contributed by atoms with Crippen LogP contribution in [0.5, 0.6) is 0 Å². The highest BCUT2D eigenvalue weighted by molar-refractivity contribution is 6.31. The summed E-state index contributed by atoms with van der Waals surface area (Å²) in [6, 6.07) is 13.8. The van der Waals surface area contributed by atoms with E-state index in [0.29, 0.717) is 0 Å². The summed E-state index contributed by atoms with van der Waals surface area (Å²) in [5, 5.41) is 3.74. The number of urea groups is 1. The molecule has 1 fully saturated rings. The van der Waals surface area contributed by atoms with E-state index in [0.717, 1.165) is 35.7 Å². The van der Waals surface area contributed by atoms with Crippen LogP contribution >= 0.6 is 11.6 Å². The molecule has 0 aliphatic carbocycles. The Morgan fingerprint density at radius 1 is 1.17 bits per heavy atom. The van der Waals surface area contributed by atoms with Gasteiger partial charge >= 0.3 is 6.03 Å². The van der Waals surface area contributed by atoms with Gasteiger partial charge in [-0.15, -0.1) is 0 Å². The Balaban J connectivity index is 1.78. The molecule has 4 heteroatoms. The molecule has 0 bridgehead atoms. The van der Waals surface area contributed by atoms with Crippen molar-refractivity contribution in [2.75, 3.05) is 11.9 Å². The van der Waals surface area contributed by atoms with Gasteiger partial charge in [0.2, 0.25) is 0 Å². The van der Waals surface area contributed by atoms with Gasteiger partial charge in [0, 0.05) is 17.3 Å². The number of nitrogens with zero attached hydrogens (tertiary/aromatic N) is 1. The number of nitrogens with one attached hydrogen (secondary N) is 1. The Morgan fingerprint density at radius 2 is 1.96 bits per heavy atom. The molecule has 2 amide bonds. The molecule has 1 atom stereocenters. The van der Waals surface area contributed by atoms with Gasteiger partial charge in [0.05, 0.1) is 6.04 Å². The number of hydrogen-bond donors (Lipinski definition) is 1. The maximum absolute atomic E-state index is 12.7. The fourth-order valence-electron chi connectivity index (χ4n) is 3.09. The lowest BCUT2D eigenvalue weighted by atomic mass is 10.0. The van der Waals surface area contributed by atoms with Gasteiger partial charge in [-0.1, -0.05) is 35.9 Å². The van der Waals surface area contributed by atoms with Crippen molar-refractivity contribution < 1.29 is 4.79 Å². The SMILES string of the molecule is Cc1ccc(NC(=O)N2CCC[C@@H]2c2ccccc2Cl)cc1C. The number of aryl methyl sites for hydroxylation is 2. The van der Waals surface area contributed by atoms with E-state index in [-0.39, 0.29) is 12.1 Å². The van der Waals surface area contributed by atoms with Crippen LogP contribution in [0.1, 0.15) is 35.6 Å². The molecular weight excluding hydrogens is 308 g/mol. The Hall–Kier alpha value is -2.00. The molecule has 0 spiro atoms. The summed E-state index contributed by atoms with van der Waals surface area (Å²) in [5.41, 5.74) is 4.26. The summed E-state index contributed by atoms with van der Waals surface area (Å²) in [6.07, 6.45) is 1.94. The lowest BCUT2D eigenvalue weighted by Gasteiger charge is -2.26. The molecule has 0 radical (unpaired) electrons. The number of carbonyl (C=O) groups excluding carboxylic acids is 1. The van der Waals surface area contributed by atoms with Crippen LogP contribution in [0.25, 0.3) is 0 Å². The van der Waals surface area contributed by atoms with Crippen molar-refractivity contribution in [3.8, 4) is 0 Å². The van der Waals surface area contributed by atoms with Crippen molar-refractivity contribution in [3.63, 3.8) is 0 Å². The third kappa shape index (κ3) is 3.35. The highest BCUT2D eigenvalue weighted by Gasteiger charge is 2.31. The predicted octanol–water partition coefficient (Wildman–Crippen LogP) is 5.33. The van der Waals surface area contributed by atoms with Crippen LogP contribution in [0.15, 0.2) is 42.5 Å². The number of anilines is 1. The molecular formula is C19H21ClN2O. The smallest absolute Gasteiger partial charge is 0.317 e. The fourth-order valence-corrected chi connectivity index (χ4v) is 3.35. The minimum atomic E-state index is -0.0596. The highest BCUT2D eigenvalue weighted by Crippen LogP contribution is 2.36. The summed E-state index contributed by atoms with van der Waals surface area (Å²) in [6.45, 7) is 4.87. The lowest BCUT2D eigenvalue weighted by molar-refractivity contribution is 0.207. The van der Waals surface area contributed by atoms with Crippen LogP contribution in [0.2, 0.25) is 5.02 Å². The first kappa shape index (κ1) is 15.9. The molecule has 0 saturated carbocycles. The van der Waals surface area contributed by atoms with E-state index in [1.165, 1.54) is 11.1 Å². The van der Waals surface area contributed by atoms with Gasteiger partial charge in [-0.25, -0.2) is 4.79 Å². The molecule has 120 valence electrons. The van der Waals surface area contributed by atoms with E-state index in [9.17, 15) is 4.79 Å². The molecule has 1 N–H and O–H groups in total.